The van der Waals surface area contributed by atoms with E-state index in [4.69, 9.17) is 0 Å². The third kappa shape index (κ3) is 7.33. The molecule has 0 rings (SSSR count). The van der Waals surface area contributed by atoms with Crippen LogP contribution in [-0.2, 0) is 0 Å². The minimum absolute atomic E-state index is 0.750. The van der Waals surface area contributed by atoms with Gasteiger partial charge in [0.2, 0.25) is 0 Å². The first kappa shape index (κ1) is 11.2. The third-order valence-electron chi connectivity index (χ3n) is 1.49. The molecular formula is C12H20. The van der Waals surface area contributed by atoms with Gasteiger partial charge in [-0.1, -0.05) is 49.8 Å². The summed E-state index contributed by atoms with van der Waals surface area (Å²) in [6.07, 6.45) is 7.44. The number of rotatable bonds is 4. The molecular weight excluding hydrogens is 144 g/mol. The second-order valence-corrected chi connectivity index (χ2v) is 3.82. The largest absolute Gasteiger partial charge is 0.0961 e. The summed E-state index contributed by atoms with van der Waals surface area (Å²) in [7, 11) is 0. The number of hydrogen-bond acceptors (Lipinski definition) is 0. The second-order valence-electron chi connectivity index (χ2n) is 3.82. The Bertz CT molecular complexity index is 192. The van der Waals surface area contributed by atoms with E-state index in [9.17, 15) is 0 Å². The maximum absolute atomic E-state index is 3.80. The summed E-state index contributed by atoms with van der Waals surface area (Å²) in [5.41, 5.74) is 2.53. The van der Waals surface area contributed by atoms with Gasteiger partial charge in [-0.2, -0.15) is 0 Å². The fourth-order valence-corrected chi connectivity index (χ4v) is 1.09. The molecule has 0 atom stereocenters. The Balaban J connectivity index is 3.92. The Hall–Kier alpha value is -0.780. The number of hydrogen-bond donors (Lipinski definition) is 0. The highest BCUT2D eigenvalue weighted by molar-refractivity contribution is 5.19. The molecule has 0 saturated carbocycles. The van der Waals surface area contributed by atoms with Crippen LogP contribution in [0, 0.1) is 5.92 Å². The maximum Gasteiger partial charge on any atom is -0.0297 e. The monoisotopic (exact) mass is 164 g/mol. The molecule has 0 heteroatoms. The van der Waals surface area contributed by atoms with Crippen molar-refractivity contribution in [2.75, 3.05) is 0 Å². The van der Waals surface area contributed by atoms with Crippen LogP contribution in [0.25, 0.3) is 0 Å². The molecule has 0 aliphatic heterocycles. The van der Waals surface area contributed by atoms with Crippen LogP contribution < -0.4 is 0 Å². The molecule has 0 bridgehead atoms. The molecule has 0 heterocycles. The Kier molecular flexibility index (Phi) is 5.44. The Labute approximate surface area is 76.7 Å². The van der Waals surface area contributed by atoms with E-state index in [0.717, 1.165) is 11.5 Å². The first-order valence-corrected chi connectivity index (χ1v) is 4.51. The van der Waals surface area contributed by atoms with Gasteiger partial charge in [0, 0.05) is 0 Å². The molecule has 0 spiro atoms. The van der Waals surface area contributed by atoms with E-state index in [0.29, 0.717) is 0 Å². The topological polar surface area (TPSA) is 0 Å². The van der Waals surface area contributed by atoms with Gasteiger partial charge >= 0.3 is 0 Å². The highest BCUT2D eigenvalue weighted by atomic mass is 14.0. The zero-order chi connectivity index (χ0) is 9.56. The van der Waals surface area contributed by atoms with Gasteiger partial charge < -0.3 is 0 Å². The summed E-state index contributed by atoms with van der Waals surface area (Å²) < 4.78 is 0. The summed E-state index contributed by atoms with van der Waals surface area (Å²) in [6.45, 7) is 12.4. The van der Waals surface area contributed by atoms with Crippen molar-refractivity contribution in [3.05, 3.63) is 36.0 Å². The zero-order valence-corrected chi connectivity index (χ0v) is 8.72. The molecule has 0 aromatic carbocycles. The molecule has 0 amide bonds. The molecule has 0 radical (unpaired) electrons. The van der Waals surface area contributed by atoms with E-state index in [-0.39, 0.29) is 0 Å². The number of allylic oxidation sites excluding steroid dienone is 5. The quantitative estimate of drug-likeness (QED) is 0.548. The standard InChI is InChI=1S/C12H20/c1-10(2)7-6-8-12(5)9-11(3)4/h6-8,11H,1,9H2,2-5H3/b7-6-,12-8+. The molecule has 0 saturated heterocycles. The van der Waals surface area contributed by atoms with Crippen molar-refractivity contribution in [1.29, 1.82) is 0 Å². The average Bonchev–Trinajstić information content (AvgIpc) is 1.84. The molecule has 0 fully saturated rings. The van der Waals surface area contributed by atoms with Crippen LogP contribution in [0.3, 0.4) is 0 Å². The lowest BCUT2D eigenvalue weighted by molar-refractivity contribution is 0.642. The normalized spacial score (nSPS) is 12.9. The molecule has 0 unspecified atom stereocenters. The van der Waals surface area contributed by atoms with Gasteiger partial charge in [-0.25, -0.2) is 0 Å². The third-order valence-corrected chi connectivity index (χ3v) is 1.49. The summed E-state index contributed by atoms with van der Waals surface area (Å²) in [5, 5.41) is 0. The van der Waals surface area contributed by atoms with Crippen molar-refractivity contribution < 1.29 is 0 Å². The SMILES string of the molecule is C=C(C)/C=C\C=C(/C)CC(C)C. The fraction of sp³-hybridized carbons (Fsp3) is 0.500. The molecule has 0 N–H and O–H groups in total. The van der Waals surface area contributed by atoms with Crippen LogP contribution in [0.15, 0.2) is 36.0 Å². The van der Waals surface area contributed by atoms with Gasteiger partial charge in [-0.3, -0.25) is 0 Å². The minimum Gasteiger partial charge on any atom is -0.0961 e. The summed E-state index contributed by atoms with van der Waals surface area (Å²) >= 11 is 0. The predicted octanol–water partition coefficient (Wildman–Crippen LogP) is 4.11. The van der Waals surface area contributed by atoms with Crippen LogP contribution >= 0.6 is 0 Å². The van der Waals surface area contributed by atoms with Crippen LogP contribution in [0.5, 0.6) is 0 Å². The van der Waals surface area contributed by atoms with Crippen molar-refractivity contribution in [1.82, 2.24) is 0 Å². The smallest absolute Gasteiger partial charge is 0.0297 e. The molecule has 0 aliphatic carbocycles. The van der Waals surface area contributed by atoms with Gasteiger partial charge in [0.25, 0.3) is 0 Å². The Morgan fingerprint density at radius 1 is 1.33 bits per heavy atom. The molecule has 68 valence electrons. The van der Waals surface area contributed by atoms with Crippen LogP contribution in [-0.4, -0.2) is 0 Å². The van der Waals surface area contributed by atoms with E-state index >= 15 is 0 Å². The lowest BCUT2D eigenvalue weighted by Crippen LogP contribution is -1.86. The van der Waals surface area contributed by atoms with Crippen molar-refractivity contribution in [3.63, 3.8) is 0 Å². The van der Waals surface area contributed by atoms with E-state index < -0.39 is 0 Å². The van der Waals surface area contributed by atoms with Gasteiger partial charge in [0.15, 0.2) is 0 Å². The van der Waals surface area contributed by atoms with Crippen LogP contribution in [0.1, 0.15) is 34.1 Å². The summed E-state index contributed by atoms with van der Waals surface area (Å²) in [6, 6.07) is 0. The molecule has 12 heavy (non-hydrogen) atoms. The maximum atomic E-state index is 3.80. The summed E-state index contributed by atoms with van der Waals surface area (Å²) in [4.78, 5) is 0. The molecule has 0 aliphatic rings. The van der Waals surface area contributed by atoms with E-state index in [1.807, 2.05) is 13.0 Å². The van der Waals surface area contributed by atoms with Crippen LogP contribution in [0.4, 0.5) is 0 Å². The van der Waals surface area contributed by atoms with Gasteiger partial charge in [0.05, 0.1) is 0 Å². The van der Waals surface area contributed by atoms with Crippen molar-refractivity contribution in [3.8, 4) is 0 Å². The van der Waals surface area contributed by atoms with Gasteiger partial charge in [-0.05, 0) is 26.2 Å². The first-order valence-electron chi connectivity index (χ1n) is 4.51. The summed E-state index contributed by atoms with van der Waals surface area (Å²) in [5.74, 6) is 0.750. The fourth-order valence-electron chi connectivity index (χ4n) is 1.09. The van der Waals surface area contributed by atoms with E-state index in [1.165, 1.54) is 12.0 Å². The molecule has 0 nitrogen and oxygen atoms in total. The van der Waals surface area contributed by atoms with Crippen molar-refractivity contribution in [2.45, 2.75) is 34.1 Å². The highest BCUT2D eigenvalue weighted by Crippen LogP contribution is 2.09. The lowest BCUT2D eigenvalue weighted by Gasteiger charge is -2.02. The lowest BCUT2D eigenvalue weighted by atomic mass is 10.0. The molecule has 0 aromatic rings. The van der Waals surface area contributed by atoms with Crippen LogP contribution in [0.2, 0.25) is 0 Å². The average molecular weight is 164 g/mol. The van der Waals surface area contributed by atoms with E-state index in [1.54, 1.807) is 0 Å². The second kappa shape index (κ2) is 5.82. The van der Waals surface area contributed by atoms with Crippen molar-refractivity contribution in [2.24, 2.45) is 5.92 Å². The van der Waals surface area contributed by atoms with Gasteiger partial charge in [0.1, 0.15) is 0 Å². The van der Waals surface area contributed by atoms with Gasteiger partial charge in [-0.15, -0.1) is 0 Å². The molecule has 0 aromatic heterocycles. The first-order chi connectivity index (χ1) is 5.52. The highest BCUT2D eigenvalue weighted by Gasteiger charge is 1.92. The zero-order valence-electron chi connectivity index (χ0n) is 8.72. The van der Waals surface area contributed by atoms with E-state index in [2.05, 4.69) is 39.5 Å². The Morgan fingerprint density at radius 3 is 2.33 bits per heavy atom. The predicted molar refractivity (Wildman–Crippen MR) is 57.2 cm³/mol. The minimum atomic E-state index is 0.750. The Morgan fingerprint density at radius 2 is 1.92 bits per heavy atom. The van der Waals surface area contributed by atoms with Crippen molar-refractivity contribution >= 4 is 0 Å².